The number of piperidine rings is 1. The van der Waals surface area contributed by atoms with E-state index in [1.165, 1.54) is 0 Å². The number of aryl methyl sites for hydroxylation is 1. The number of nitrogens with zero attached hydrogens (tertiary/aromatic N) is 3. The monoisotopic (exact) mass is 533 g/mol. The average molecular weight is 533 g/mol. The van der Waals surface area contributed by atoms with Crippen LogP contribution in [0.5, 0.6) is 0 Å². The van der Waals surface area contributed by atoms with Gasteiger partial charge in [-0.25, -0.2) is 4.39 Å². The Kier molecular flexibility index (Phi) is 9.62. The zero-order chi connectivity index (χ0) is 20.9. The van der Waals surface area contributed by atoms with Crippen molar-refractivity contribution in [1.82, 2.24) is 15.5 Å². The molecule has 1 aromatic rings. The van der Waals surface area contributed by atoms with Crippen molar-refractivity contribution in [1.29, 1.82) is 0 Å². The van der Waals surface area contributed by atoms with E-state index in [9.17, 15) is 4.39 Å². The summed E-state index contributed by atoms with van der Waals surface area (Å²) in [5.74, 6) is 0.667. The van der Waals surface area contributed by atoms with Crippen LogP contribution in [0.2, 0.25) is 0 Å². The number of hydrogen-bond acceptors (Lipinski definition) is 4. The Bertz CT molecular complexity index is 709. The molecule has 2 N–H and O–H groups in total. The highest BCUT2D eigenvalue weighted by Gasteiger charge is 2.35. The number of halogens is 2. The van der Waals surface area contributed by atoms with Gasteiger partial charge in [-0.2, -0.15) is 0 Å². The van der Waals surface area contributed by atoms with Crippen LogP contribution in [0.25, 0.3) is 0 Å². The molecule has 2 fully saturated rings. The van der Waals surface area contributed by atoms with Crippen LogP contribution in [0.4, 0.5) is 10.1 Å². The first kappa shape index (κ1) is 25.1. The van der Waals surface area contributed by atoms with E-state index in [4.69, 9.17) is 4.74 Å². The number of anilines is 1. The van der Waals surface area contributed by atoms with Crippen molar-refractivity contribution < 1.29 is 9.13 Å². The fraction of sp³-hybridized carbons (Fsp3) is 0.682. The van der Waals surface area contributed by atoms with Gasteiger partial charge in [-0.3, -0.25) is 4.99 Å². The lowest BCUT2D eigenvalue weighted by molar-refractivity contribution is -0.00503. The van der Waals surface area contributed by atoms with E-state index in [1.807, 2.05) is 26.1 Å². The van der Waals surface area contributed by atoms with Gasteiger partial charge in [0.15, 0.2) is 5.96 Å². The van der Waals surface area contributed by atoms with Gasteiger partial charge in [0.1, 0.15) is 5.82 Å². The number of hydrogen-bond donors (Lipinski definition) is 2. The maximum absolute atomic E-state index is 14.3. The number of guanidine groups is 1. The Morgan fingerprint density at radius 1 is 1.33 bits per heavy atom. The van der Waals surface area contributed by atoms with E-state index in [2.05, 4.69) is 39.5 Å². The molecule has 1 aromatic carbocycles. The Balaban J connectivity index is 0.00000320. The largest absolute Gasteiger partial charge is 0.381 e. The van der Waals surface area contributed by atoms with E-state index >= 15 is 0 Å². The second-order valence-electron chi connectivity index (χ2n) is 8.54. The second kappa shape index (κ2) is 11.5. The first-order chi connectivity index (χ1) is 13.9. The molecule has 2 heterocycles. The van der Waals surface area contributed by atoms with Gasteiger partial charge < -0.3 is 25.2 Å². The summed E-state index contributed by atoms with van der Waals surface area (Å²) in [6, 6.07) is 5.56. The summed E-state index contributed by atoms with van der Waals surface area (Å²) in [5, 5.41) is 7.09. The molecule has 2 aliphatic rings. The fourth-order valence-electron chi connectivity index (χ4n) is 4.35. The smallest absolute Gasteiger partial charge is 0.191 e. The minimum atomic E-state index is -0.147. The molecule has 8 heteroatoms. The van der Waals surface area contributed by atoms with E-state index in [0.29, 0.717) is 5.69 Å². The zero-order valence-corrected chi connectivity index (χ0v) is 21.0. The Morgan fingerprint density at radius 3 is 2.73 bits per heavy atom. The molecule has 1 atom stereocenters. The molecule has 6 nitrogen and oxygen atoms in total. The second-order valence-corrected chi connectivity index (χ2v) is 8.54. The van der Waals surface area contributed by atoms with Crippen LogP contribution in [0.1, 0.15) is 31.2 Å². The van der Waals surface area contributed by atoms with Gasteiger partial charge >= 0.3 is 0 Å². The molecule has 1 unspecified atom stereocenters. The van der Waals surface area contributed by atoms with E-state index < -0.39 is 0 Å². The van der Waals surface area contributed by atoms with Gasteiger partial charge in [0.2, 0.25) is 0 Å². The molecule has 170 valence electrons. The molecule has 0 bridgehead atoms. The van der Waals surface area contributed by atoms with Crippen molar-refractivity contribution in [2.75, 3.05) is 58.9 Å². The molecule has 0 spiro atoms. The SMILES string of the molecule is CN=C(NCC1(N(C)C)CCOCC1)NC1CCCN(c2cc(C)ccc2F)C1.I. The molecule has 0 saturated carbocycles. The summed E-state index contributed by atoms with van der Waals surface area (Å²) in [4.78, 5) is 8.89. The normalized spacial score (nSPS) is 21.9. The predicted octanol–water partition coefficient (Wildman–Crippen LogP) is 3.00. The lowest BCUT2D eigenvalue weighted by Crippen LogP contribution is -2.58. The number of rotatable bonds is 5. The van der Waals surface area contributed by atoms with Crippen molar-refractivity contribution in [2.24, 2.45) is 4.99 Å². The third-order valence-electron chi connectivity index (χ3n) is 6.39. The van der Waals surface area contributed by atoms with Crippen LogP contribution in [-0.2, 0) is 4.74 Å². The summed E-state index contributed by atoms with van der Waals surface area (Å²) < 4.78 is 19.9. The quantitative estimate of drug-likeness (QED) is 0.347. The van der Waals surface area contributed by atoms with Crippen molar-refractivity contribution in [2.45, 2.75) is 44.2 Å². The highest BCUT2D eigenvalue weighted by Crippen LogP contribution is 2.26. The maximum Gasteiger partial charge on any atom is 0.191 e. The van der Waals surface area contributed by atoms with Crippen molar-refractivity contribution in [3.05, 3.63) is 29.6 Å². The van der Waals surface area contributed by atoms with E-state index in [1.54, 1.807) is 6.07 Å². The van der Waals surface area contributed by atoms with Gasteiger partial charge in [-0.05, 0) is 64.4 Å². The maximum atomic E-state index is 14.3. The zero-order valence-electron chi connectivity index (χ0n) is 18.7. The van der Waals surface area contributed by atoms with Crippen LogP contribution < -0.4 is 15.5 Å². The minimum absolute atomic E-state index is 0. The first-order valence-corrected chi connectivity index (χ1v) is 10.7. The summed E-state index contributed by atoms with van der Waals surface area (Å²) in [5.41, 5.74) is 1.87. The van der Waals surface area contributed by atoms with Crippen molar-refractivity contribution in [3.8, 4) is 0 Å². The molecule has 3 rings (SSSR count). The van der Waals surface area contributed by atoms with Crippen LogP contribution in [0, 0.1) is 12.7 Å². The summed E-state index contributed by atoms with van der Waals surface area (Å²) in [6.45, 7) is 6.08. The Morgan fingerprint density at radius 2 is 2.07 bits per heavy atom. The topological polar surface area (TPSA) is 52.1 Å². The molecule has 0 radical (unpaired) electrons. The number of nitrogens with one attached hydrogen (secondary N) is 2. The standard InChI is InChI=1S/C22H36FN5O.HI/c1-17-7-8-19(23)20(14-17)28-11-5-6-18(15-28)26-21(24-2)25-16-22(27(3)4)9-12-29-13-10-22;/h7-8,14,18H,5-6,9-13,15-16H2,1-4H3,(H2,24,25,26);1H. The van der Waals surface area contributed by atoms with Gasteiger partial charge in [-0.15, -0.1) is 24.0 Å². The highest BCUT2D eigenvalue weighted by atomic mass is 127. The van der Waals surface area contributed by atoms with Gasteiger partial charge in [0.05, 0.1) is 5.69 Å². The van der Waals surface area contributed by atoms with Crippen LogP contribution in [-0.4, -0.2) is 76.4 Å². The molecule has 2 aliphatic heterocycles. The highest BCUT2D eigenvalue weighted by molar-refractivity contribution is 14.0. The van der Waals surface area contributed by atoms with Crippen LogP contribution in [0.15, 0.2) is 23.2 Å². The number of aliphatic imine (C=N–C) groups is 1. The van der Waals surface area contributed by atoms with Gasteiger partial charge in [-0.1, -0.05) is 6.07 Å². The van der Waals surface area contributed by atoms with Crippen LogP contribution >= 0.6 is 24.0 Å². The number of benzene rings is 1. The van der Waals surface area contributed by atoms with E-state index in [0.717, 1.165) is 70.1 Å². The molecule has 0 amide bonds. The molecular formula is C22H37FIN5O. The number of likely N-dealkylation sites (N-methyl/N-ethyl adjacent to an activating group) is 1. The predicted molar refractivity (Wildman–Crippen MR) is 133 cm³/mol. The molecular weight excluding hydrogens is 496 g/mol. The summed E-state index contributed by atoms with van der Waals surface area (Å²) >= 11 is 0. The lowest BCUT2D eigenvalue weighted by atomic mass is 9.88. The third kappa shape index (κ3) is 6.20. The summed E-state index contributed by atoms with van der Waals surface area (Å²) in [7, 11) is 6.08. The number of ether oxygens (including phenoxy) is 1. The fourth-order valence-corrected chi connectivity index (χ4v) is 4.35. The van der Waals surface area contributed by atoms with Crippen LogP contribution in [0.3, 0.4) is 0 Å². The molecule has 2 saturated heterocycles. The first-order valence-electron chi connectivity index (χ1n) is 10.7. The average Bonchev–Trinajstić information content (AvgIpc) is 2.73. The lowest BCUT2D eigenvalue weighted by Gasteiger charge is -2.43. The van der Waals surface area contributed by atoms with E-state index in [-0.39, 0.29) is 41.4 Å². The summed E-state index contributed by atoms with van der Waals surface area (Å²) in [6.07, 6.45) is 4.10. The Hall–Kier alpha value is -1.13. The molecule has 30 heavy (non-hydrogen) atoms. The Labute approximate surface area is 197 Å². The third-order valence-corrected chi connectivity index (χ3v) is 6.39. The molecule has 0 aromatic heterocycles. The van der Waals surface area contributed by atoms with Crippen molar-refractivity contribution in [3.63, 3.8) is 0 Å². The van der Waals surface area contributed by atoms with Gasteiger partial charge in [0, 0.05) is 51.5 Å². The molecule has 0 aliphatic carbocycles. The van der Waals surface area contributed by atoms with Gasteiger partial charge in [0.25, 0.3) is 0 Å². The van der Waals surface area contributed by atoms with Crippen molar-refractivity contribution >= 4 is 35.6 Å². The minimum Gasteiger partial charge on any atom is -0.381 e.